The van der Waals surface area contributed by atoms with Gasteiger partial charge in [0.1, 0.15) is 0 Å². The number of methoxy groups -OCH3 is 2. The number of hydrogen-bond donors (Lipinski definition) is 2. The molecule has 0 bridgehead atoms. The molecule has 0 saturated heterocycles. The molecule has 0 aromatic heterocycles. The average Bonchev–Trinajstić information content (AvgIpc) is 2.67. The summed E-state index contributed by atoms with van der Waals surface area (Å²) in [6.45, 7) is 2.07. The van der Waals surface area contributed by atoms with Crippen molar-refractivity contribution in [1.29, 1.82) is 0 Å². The largest absolute Gasteiger partial charge is 0.493 e. The third kappa shape index (κ3) is 4.03. The molecule has 3 N–H and O–H groups in total. The van der Waals surface area contributed by atoms with E-state index in [4.69, 9.17) is 15.2 Å². The Morgan fingerprint density at radius 2 is 1.93 bits per heavy atom. The Morgan fingerprint density at radius 3 is 2.56 bits per heavy atom. The van der Waals surface area contributed by atoms with E-state index in [1.807, 2.05) is 12.1 Å². The first-order chi connectivity index (χ1) is 13.0. The van der Waals surface area contributed by atoms with E-state index < -0.39 is 0 Å². The Bertz CT molecular complexity index is 867. The van der Waals surface area contributed by atoms with Gasteiger partial charge in [-0.3, -0.25) is 9.79 Å². The van der Waals surface area contributed by atoms with Crippen molar-refractivity contribution in [2.75, 3.05) is 25.3 Å². The van der Waals surface area contributed by atoms with Crippen LogP contribution in [-0.4, -0.2) is 31.0 Å². The van der Waals surface area contributed by atoms with Crippen LogP contribution in [0.4, 0.5) is 5.69 Å². The first-order valence-corrected chi connectivity index (χ1v) is 9.56. The van der Waals surface area contributed by atoms with Crippen LogP contribution in [0.3, 0.4) is 0 Å². The molecule has 0 saturated carbocycles. The van der Waals surface area contributed by atoms with Gasteiger partial charge in [0.05, 0.1) is 25.4 Å². The Morgan fingerprint density at radius 1 is 1.19 bits per heavy atom. The number of carbonyl (C=O) groups excluding carboxylic acids is 1. The van der Waals surface area contributed by atoms with Gasteiger partial charge in [0.25, 0.3) is 5.91 Å². The molecule has 1 unspecified atom stereocenters. The molecular weight excluding hydrogens is 362 g/mol. The Kier molecular flexibility index (Phi) is 5.60. The molecule has 0 spiro atoms. The van der Waals surface area contributed by atoms with E-state index in [0.717, 1.165) is 17.7 Å². The molecule has 1 amide bonds. The third-order valence-electron chi connectivity index (χ3n) is 4.62. The van der Waals surface area contributed by atoms with E-state index in [1.165, 1.54) is 7.11 Å². The van der Waals surface area contributed by atoms with Crippen LogP contribution in [0, 0.1) is 0 Å². The maximum atomic E-state index is 12.6. The zero-order valence-corrected chi connectivity index (χ0v) is 16.4. The summed E-state index contributed by atoms with van der Waals surface area (Å²) in [5.41, 5.74) is 7.69. The first kappa shape index (κ1) is 19.1. The van der Waals surface area contributed by atoms with Gasteiger partial charge in [-0.05, 0) is 43.2 Å². The van der Waals surface area contributed by atoms with Crippen molar-refractivity contribution in [1.82, 2.24) is 0 Å². The second kappa shape index (κ2) is 7.92. The summed E-state index contributed by atoms with van der Waals surface area (Å²) < 4.78 is 10.6. The van der Waals surface area contributed by atoms with Gasteiger partial charge < -0.3 is 20.5 Å². The number of nitrogens with two attached hydrogens (primary N) is 1. The minimum atomic E-state index is -0.347. The Hall–Kier alpha value is -2.67. The summed E-state index contributed by atoms with van der Waals surface area (Å²) in [5.74, 6) is 1.76. The normalized spacial score (nSPS) is 19.1. The second-order valence-electron chi connectivity index (χ2n) is 6.39. The van der Waals surface area contributed by atoms with Crippen LogP contribution in [0.5, 0.6) is 11.5 Å². The van der Waals surface area contributed by atoms with E-state index >= 15 is 0 Å². The topological polar surface area (TPSA) is 85.9 Å². The molecule has 27 heavy (non-hydrogen) atoms. The van der Waals surface area contributed by atoms with Crippen LogP contribution < -0.4 is 20.5 Å². The third-order valence-corrected chi connectivity index (χ3v) is 5.41. The number of nitrogens with zero attached hydrogens (tertiary/aromatic N) is 1. The summed E-state index contributed by atoms with van der Waals surface area (Å²) in [4.78, 5) is 17.2. The van der Waals surface area contributed by atoms with Crippen LogP contribution in [-0.2, 0) is 5.54 Å². The quantitative estimate of drug-likeness (QED) is 0.821. The van der Waals surface area contributed by atoms with Crippen molar-refractivity contribution in [3.63, 3.8) is 0 Å². The van der Waals surface area contributed by atoms with Gasteiger partial charge in [-0.15, -0.1) is 0 Å². The molecule has 3 rings (SSSR count). The van der Waals surface area contributed by atoms with Crippen molar-refractivity contribution in [3.8, 4) is 11.5 Å². The van der Waals surface area contributed by atoms with E-state index in [9.17, 15) is 4.79 Å². The minimum Gasteiger partial charge on any atom is -0.493 e. The van der Waals surface area contributed by atoms with E-state index in [-0.39, 0.29) is 11.4 Å². The van der Waals surface area contributed by atoms with Gasteiger partial charge in [0.2, 0.25) is 0 Å². The number of hydrogen-bond acceptors (Lipinski definition) is 6. The molecule has 0 aliphatic carbocycles. The van der Waals surface area contributed by atoms with Crippen molar-refractivity contribution in [2.24, 2.45) is 10.7 Å². The van der Waals surface area contributed by atoms with Gasteiger partial charge in [0, 0.05) is 11.3 Å². The second-order valence-corrected chi connectivity index (χ2v) is 7.51. The summed E-state index contributed by atoms with van der Waals surface area (Å²) in [5, 5.41) is 3.48. The first-order valence-electron chi connectivity index (χ1n) is 8.58. The molecule has 1 aliphatic rings. The van der Waals surface area contributed by atoms with Gasteiger partial charge in [-0.1, -0.05) is 30.0 Å². The molecule has 6 nitrogen and oxygen atoms in total. The molecule has 2 aromatic carbocycles. The lowest BCUT2D eigenvalue weighted by Crippen LogP contribution is -2.28. The average molecular weight is 385 g/mol. The number of para-hydroxylation sites is 1. The highest BCUT2D eigenvalue weighted by Gasteiger charge is 2.29. The van der Waals surface area contributed by atoms with Gasteiger partial charge in [0.15, 0.2) is 16.7 Å². The number of ether oxygens (including phenoxy) is 2. The number of benzene rings is 2. The predicted octanol–water partition coefficient (Wildman–Crippen LogP) is 3.62. The molecule has 1 heterocycles. The summed E-state index contributed by atoms with van der Waals surface area (Å²) >= 11 is 1.57. The lowest BCUT2D eigenvalue weighted by Gasteiger charge is -2.29. The van der Waals surface area contributed by atoms with Crippen molar-refractivity contribution < 1.29 is 14.3 Å². The highest BCUT2D eigenvalue weighted by molar-refractivity contribution is 8.13. The highest BCUT2D eigenvalue weighted by atomic mass is 32.2. The van der Waals surface area contributed by atoms with Crippen LogP contribution in [0.1, 0.15) is 29.3 Å². The zero-order valence-electron chi connectivity index (χ0n) is 15.6. The van der Waals surface area contributed by atoms with Crippen LogP contribution in [0.2, 0.25) is 0 Å². The number of thioether (sulfide) groups is 1. The molecule has 0 fully saturated rings. The summed E-state index contributed by atoms with van der Waals surface area (Å²) in [6, 6.07) is 12.8. The van der Waals surface area contributed by atoms with Gasteiger partial charge in [-0.2, -0.15) is 0 Å². The Labute approximate surface area is 163 Å². The number of carbonyl (C=O) groups is 1. The molecule has 2 aromatic rings. The fourth-order valence-electron chi connectivity index (χ4n) is 3.06. The van der Waals surface area contributed by atoms with Crippen molar-refractivity contribution in [3.05, 3.63) is 53.6 Å². The standard InChI is InChI=1S/C20H23N3O3S/c1-20(11-12-27-19(21)23-20)14-9-7-13(8-10-14)18(24)22-15-5-4-6-16(25-2)17(15)26-3/h4-10H,11-12H2,1-3H3,(H2,21,23)(H,22,24). The summed E-state index contributed by atoms with van der Waals surface area (Å²) in [6.07, 6.45) is 0.908. The van der Waals surface area contributed by atoms with Crippen LogP contribution in [0.15, 0.2) is 47.5 Å². The molecule has 1 aliphatic heterocycles. The maximum absolute atomic E-state index is 12.6. The maximum Gasteiger partial charge on any atom is 0.255 e. The molecule has 1 atom stereocenters. The van der Waals surface area contributed by atoms with E-state index in [2.05, 4.69) is 17.2 Å². The minimum absolute atomic E-state index is 0.222. The molecule has 0 radical (unpaired) electrons. The van der Waals surface area contributed by atoms with Crippen molar-refractivity contribution in [2.45, 2.75) is 18.9 Å². The monoisotopic (exact) mass is 385 g/mol. The van der Waals surface area contributed by atoms with Gasteiger partial charge >= 0.3 is 0 Å². The SMILES string of the molecule is COc1cccc(NC(=O)c2ccc(C3(C)CCSC(N)=N3)cc2)c1OC. The zero-order chi connectivity index (χ0) is 19.4. The fraction of sp³-hybridized carbons (Fsp3) is 0.300. The number of aliphatic imine (C=N–C) groups is 1. The van der Waals surface area contributed by atoms with Gasteiger partial charge in [-0.25, -0.2) is 0 Å². The predicted molar refractivity (Wildman–Crippen MR) is 110 cm³/mol. The summed E-state index contributed by atoms with van der Waals surface area (Å²) in [7, 11) is 3.10. The molecule has 7 heteroatoms. The number of amidine groups is 1. The molecule has 142 valence electrons. The number of rotatable bonds is 5. The van der Waals surface area contributed by atoms with Crippen LogP contribution >= 0.6 is 11.8 Å². The van der Waals surface area contributed by atoms with E-state index in [1.54, 1.807) is 49.2 Å². The van der Waals surface area contributed by atoms with Crippen LogP contribution in [0.25, 0.3) is 0 Å². The molecular formula is C20H23N3O3S. The number of anilines is 1. The highest BCUT2D eigenvalue weighted by Crippen LogP contribution is 2.36. The lowest BCUT2D eigenvalue weighted by atomic mass is 9.89. The Balaban J connectivity index is 1.80. The fourth-order valence-corrected chi connectivity index (χ4v) is 4.03. The number of amides is 1. The van der Waals surface area contributed by atoms with Crippen molar-refractivity contribution >= 4 is 28.5 Å². The number of nitrogens with one attached hydrogen (secondary N) is 1. The lowest BCUT2D eigenvalue weighted by molar-refractivity contribution is 0.102. The smallest absolute Gasteiger partial charge is 0.255 e. The van der Waals surface area contributed by atoms with E-state index in [0.29, 0.717) is 27.9 Å².